The van der Waals surface area contributed by atoms with Crippen molar-refractivity contribution in [3.63, 3.8) is 0 Å². The number of aliphatic hydroxyl groups excluding tert-OH is 1. The number of hydrogen-bond acceptors (Lipinski definition) is 6. The van der Waals surface area contributed by atoms with Crippen LogP contribution in [0.3, 0.4) is 0 Å². The number of nitrogens with one attached hydrogen (secondary N) is 1. The maximum atomic E-state index is 12.4. The van der Waals surface area contributed by atoms with E-state index in [1.807, 2.05) is 24.8 Å². The predicted octanol–water partition coefficient (Wildman–Crippen LogP) is 1.86. The van der Waals surface area contributed by atoms with E-state index in [4.69, 9.17) is 9.84 Å². The Hall–Kier alpha value is -0.120. The van der Waals surface area contributed by atoms with Crippen LogP contribution in [0.4, 0.5) is 0 Å². The van der Waals surface area contributed by atoms with Crippen LogP contribution in [0, 0.1) is 0 Å². The van der Waals surface area contributed by atoms with Gasteiger partial charge in [0.1, 0.15) is 4.21 Å². The van der Waals surface area contributed by atoms with E-state index >= 15 is 0 Å². The molecule has 0 atom stereocenters. The summed E-state index contributed by atoms with van der Waals surface area (Å²) in [7, 11) is -3.49. The molecule has 2 N–H and O–H groups in total. The summed E-state index contributed by atoms with van der Waals surface area (Å²) in [5.74, 6) is 1.90. The van der Waals surface area contributed by atoms with Crippen LogP contribution < -0.4 is 4.72 Å². The molecule has 0 spiro atoms. The number of sulfonamides is 1. The van der Waals surface area contributed by atoms with Crippen molar-refractivity contribution in [1.29, 1.82) is 0 Å². The lowest BCUT2D eigenvalue weighted by Gasteiger charge is -2.36. The van der Waals surface area contributed by atoms with Gasteiger partial charge in [0.25, 0.3) is 0 Å². The molecule has 1 fully saturated rings. The third kappa shape index (κ3) is 4.69. The van der Waals surface area contributed by atoms with Crippen LogP contribution in [0.1, 0.15) is 24.6 Å². The summed E-state index contributed by atoms with van der Waals surface area (Å²) < 4.78 is 33.7. The fraction of sp³-hybridized carbons (Fsp3) is 0.714. The van der Waals surface area contributed by atoms with E-state index in [-0.39, 0.29) is 19.8 Å². The SMILES string of the molecule is CCc1ccc(S(=O)(=O)NCC2(OCCO)CCSCC2)s1. The lowest BCUT2D eigenvalue weighted by atomic mass is 9.97. The van der Waals surface area contributed by atoms with Gasteiger partial charge >= 0.3 is 0 Å². The maximum absolute atomic E-state index is 12.4. The first-order valence-electron chi connectivity index (χ1n) is 7.42. The molecule has 8 heteroatoms. The summed E-state index contributed by atoms with van der Waals surface area (Å²) in [5.41, 5.74) is -0.494. The fourth-order valence-electron chi connectivity index (χ4n) is 2.37. The zero-order valence-corrected chi connectivity index (χ0v) is 15.2. The largest absolute Gasteiger partial charge is 0.394 e. The van der Waals surface area contributed by atoms with Crippen LogP contribution >= 0.6 is 23.1 Å². The maximum Gasteiger partial charge on any atom is 0.250 e. The highest BCUT2D eigenvalue weighted by Gasteiger charge is 2.34. The van der Waals surface area contributed by atoms with Crippen LogP contribution in [-0.4, -0.2) is 50.4 Å². The minimum Gasteiger partial charge on any atom is -0.394 e. The quantitative estimate of drug-likeness (QED) is 0.735. The van der Waals surface area contributed by atoms with E-state index in [9.17, 15) is 8.42 Å². The summed E-state index contributed by atoms with van der Waals surface area (Å²) in [4.78, 5) is 1.06. The van der Waals surface area contributed by atoms with Crippen molar-refractivity contribution in [2.24, 2.45) is 0 Å². The lowest BCUT2D eigenvalue weighted by molar-refractivity contribution is -0.0591. The summed E-state index contributed by atoms with van der Waals surface area (Å²) >= 11 is 3.16. The second kappa shape index (κ2) is 8.12. The van der Waals surface area contributed by atoms with E-state index in [0.29, 0.717) is 4.21 Å². The normalized spacial score (nSPS) is 18.5. The molecule has 1 aliphatic rings. The Kier molecular flexibility index (Phi) is 6.73. The van der Waals surface area contributed by atoms with Crippen LogP contribution in [0.15, 0.2) is 16.3 Å². The molecule has 0 saturated carbocycles. The van der Waals surface area contributed by atoms with E-state index in [1.54, 1.807) is 6.07 Å². The number of aliphatic hydroxyl groups is 1. The zero-order valence-electron chi connectivity index (χ0n) is 12.7. The second-order valence-electron chi connectivity index (χ2n) is 5.27. The van der Waals surface area contributed by atoms with E-state index in [1.165, 1.54) is 11.3 Å². The van der Waals surface area contributed by atoms with Gasteiger partial charge in [-0.25, -0.2) is 13.1 Å². The number of ether oxygens (including phenoxy) is 1. The molecular formula is C14H23NO4S3. The monoisotopic (exact) mass is 365 g/mol. The molecule has 1 saturated heterocycles. The molecule has 0 aliphatic carbocycles. The van der Waals surface area contributed by atoms with Gasteiger partial charge in [0.05, 0.1) is 18.8 Å². The van der Waals surface area contributed by atoms with Crippen molar-refractivity contribution in [3.8, 4) is 0 Å². The first-order chi connectivity index (χ1) is 10.5. The van der Waals surface area contributed by atoms with Crippen molar-refractivity contribution in [3.05, 3.63) is 17.0 Å². The third-order valence-corrected chi connectivity index (χ3v) is 7.85. The molecule has 1 aliphatic heterocycles. The van der Waals surface area contributed by atoms with Gasteiger partial charge in [-0.2, -0.15) is 11.8 Å². The Morgan fingerprint density at radius 2 is 2.09 bits per heavy atom. The molecule has 0 aromatic carbocycles. The Labute approximate surface area is 140 Å². The van der Waals surface area contributed by atoms with E-state index < -0.39 is 15.6 Å². The molecule has 0 radical (unpaired) electrons. The molecular weight excluding hydrogens is 342 g/mol. The highest BCUT2D eigenvalue weighted by atomic mass is 32.2. The van der Waals surface area contributed by atoms with Crippen LogP contribution in [0.5, 0.6) is 0 Å². The Morgan fingerprint density at radius 3 is 2.68 bits per heavy atom. The zero-order chi connectivity index (χ0) is 16.1. The highest BCUT2D eigenvalue weighted by Crippen LogP contribution is 2.31. The molecule has 1 aromatic rings. The molecule has 0 amide bonds. The molecule has 0 bridgehead atoms. The van der Waals surface area contributed by atoms with Crippen LogP contribution in [-0.2, 0) is 21.2 Å². The predicted molar refractivity (Wildman–Crippen MR) is 91.2 cm³/mol. The average Bonchev–Trinajstić information content (AvgIpc) is 3.02. The van der Waals surface area contributed by atoms with Crippen molar-refractivity contribution in [1.82, 2.24) is 4.72 Å². The van der Waals surface area contributed by atoms with Gasteiger partial charge in [-0.05, 0) is 42.9 Å². The number of rotatable bonds is 8. The van der Waals surface area contributed by atoms with Gasteiger partial charge < -0.3 is 9.84 Å². The number of aryl methyl sites for hydroxylation is 1. The van der Waals surface area contributed by atoms with Gasteiger partial charge in [0.2, 0.25) is 10.0 Å². The third-order valence-electron chi connectivity index (χ3n) is 3.74. The van der Waals surface area contributed by atoms with Gasteiger partial charge in [-0.1, -0.05) is 6.92 Å². The average molecular weight is 366 g/mol. The highest BCUT2D eigenvalue weighted by molar-refractivity contribution is 7.99. The molecule has 126 valence electrons. The minimum atomic E-state index is -3.49. The first kappa shape index (κ1) is 18.2. The first-order valence-corrected chi connectivity index (χ1v) is 10.9. The Morgan fingerprint density at radius 1 is 1.36 bits per heavy atom. The standard InChI is InChI=1S/C14H23NO4S3/c1-2-12-3-4-13(21-12)22(17,18)15-11-14(19-8-7-16)5-9-20-10-6-14/h3-4,15-16H,2,5-11H2,1H3. The number of hydrogen-bond donors (Lipinski definition) is 2. The molecule has 2 rings (SSSR count). The minimum absolute atomic E-state index is 0.0492. The molecule has 1 aromatic heterocycles. The molecule has 0 unspecified atom stereocenters. The van der Waals surface area contributed by atoms with Gasteiger partial charge in [0.15, 0.2) is 0 Å². The van der Waals surface area contributed by atoms with Crippen LogP contribution in [0.2, 0.25) is 0 Å². The smallest absolute Gasteiger partial charge is 0.250 e. The Bertz CT molecular complexity index is 564. The van der Waals surface area contributed by atoms with E-state index in [2.05, 4.69) is 4.72 Å². The summed E-state index contributed by atoms with van der Waals surface area (Å²) in [6, 6.07) is 3.51. The van der Waals surface area contributed by atoms with Crippen molar-refractivity contribution >= 4 is 33.1 Å². The van der Waals surface area contributed by atoms with Gasteiger partial charge in [-0.15, -0.1) is 11.3 Å². The lowest BCUT2D eigenvalue weighted by Crippen LogP contribution is -2.47. The van der Waals surface area contributed by atoms with E-state index in [0.717, 1.165) is 35.6 Å². The number of thioether (sulfide) groups is 1. The fourth-order valence-corrected chi connectivity index (χ4v) is 6.06. The summed E-state index contributed by atoms with van der Waals surface area (Å²) in [6.45, 7) is 2.46. The van der Waals surface area contributed by atoms with Crippen molar-refractivity contribution in [2.75, 3.05) is 31.3 Å². The van der Waals surface area contributed by atoms with Crippen molar-refractivity contribution in [2.45, 2.75) is 36.0 Å². The Balaban J connectivity index is 2.04. The van der Waals surface area contributed by atoms with Crippen molar-refractivity contribution < 1.29 is 18.3 Å². The summed E-state index contributed by atoms with van der Waals surface area (Å²) in [5, 5.41) is 8.98. The topological polar surface area (TPSA) is 75.6 Å². The number of thiophene rings is 1. The van der Waals surface area contributed by atoms with Gasteiger partial charge in [-0.3, -0.25) is 0 Å². The molecule has 22 heavy (non-hydrogen) atoms. The van der Waals surface area contributed by atoms with Crippen LogP contribution in [0.25, 0.3) is 0 Å². The summed E-state index contributed by atoms with van der Waals surface area (Å²) in [6.07, 6.45) is 2.43. The second-order valence-corrected chi connectivity index (χ2v) is 9.65. The van der Waals surface area contributed by atoms with Gasteiger partial charge in [0, 0.05) is 11.4 Å². The molecule has 2 heterocycles. The molecule has 5 nitrogen and oxygen atoms in total.